The summed E-state index contributed by atoms with van der Waals surface area (Å²) in [6.07, 6.45) is 4.18. The van der Waals surface area contributed by atoms with Gasteiger partial charge in [-0.25, -0.2) is 0 Å². The van der Waals surface area contributed by atoms with Crippen LogP contribution in [0.1, 0.15) is 55.3 Å². The Bertz CT molecular complexity index is 372. The third-order valence-electron chi connectivity index (χ3n) is 3.12. The number of carbonyl (C=O) groups excluding carboxylic acids is 1. The third-order valence-corrected chi connectivity index (χ3v) is 3.12. The van der Waals surface area contributed by atoms with Gasteiger partial charge in [-0.1, -0.05) is 20.8 Å². The first-order valence-corrected chi connectivity index (χ1v) is 5.20. The van der Waals surface area contributed by atoms with Gasteiger partial charge in [0.25, 0.3) is 0 Å². The summed E-state index contributed by atoms with van der Waals surface area (Å²) in [5, 5.41) is 0. The summed E-state index contributed by atoms with van der Waals surface area (Å²) in [7, 11) is 0. The minimum absolute atomic E-state index is 0.0245. The summed E-state index contributed by atoms with van der Waals surface area (Å²) >= 11 is 0. The fraction of sp³-hybridized carbons (Fsp3) is 0.583. The van der Waals surface area contributed by atoms with Gasteiger partial charge in [0.1, 0.15) is 5.76 Å². The predicted octanol–water partition coefficient (Wildman–Crippen LogP) is 3.10. The van der Waals surface area contributed by atoms with Crippen LogP contribution in [0.15, 0.2) is 10.7 Å². The largest absolute Gasteiger partial charge is 0.468 e. The van der Waals surface area contributed by atoms with Gasteiger partial charge in [-0.05, 0) is 12.8 Å². The number of hydrogen-bond donors (Lipinski definition) is 0. The molecule has 1 aromatic heterocycles. The van der Waals surface area contributed by atoms with Crippen LogP contribution in [0.3, 0.4) is 0 Å². The highest BCUT2D eigenvalue weighted by molar-refractivity contribution is 5.99. The van der Waals surface area contributed by atoms with Crippen LogP contribution in [0, 0.1) is 0 Å². The van der Waals surface area contributed by atoms with E-state index in [1.807, 2.05) is 0 Å². The zero-order valence-electron chi connectivity index (χ0n) is 9.02. The van der Waals surface area contributed by atoms with E-state index in [-0.39, 0.29) is 11.2 Å². The number of rotatable bonds is 1. The van der Waals surface area contributed by atoms with Gasteiger partial charge >= 0.3 is 0 Å². The number of Topliss-reactive ketones (excluding diaryl/α,β-unsaturated/α-hetero) is 1. The second-order valence-corrected chi connectivity index (χ2v) is 4.63. The average molecular weight is 192 g/mol. The summed E-state index contributed by atoms with van der Waals surface area (Å²) in [6, 6.07) is 0. The van der Waals surface area contributed by atoms with Crippen LogP contribution in [0.2, 0.25) is 0 Å². The van der Waals surface area contributed by atoms with Gasteiger partial charge < -0.3 is 4.42 Å². The van der Waals surface area contributed by atoms with Crippen LogP contribution in [0.5, 0.6) is 0 Å². The molecule has 0 amide bonds. The standard InChI is InChI=1S/C12H16O2/c1-4-8-7-14-11-10(8)9(13)5-6-12(11,2)3/h7H,4-6H2,1-3H3. The van der Waals surface area contributed by atoms with Crippen LogP contribution in [0.25, 0.3) is 0 Å². The van der Waals surface area contributed by atoms with E-state index in [0.717, 1.165) is 29.7 Å². The Hall–Kier alpha value is -1.05. The molecular weight excluding hydrogens is 176 g/mol. The van der Waals surface area contributed by atoms with Crippen molar-refractivity contribution in [2.75, 3.05) is 0 Å². The number of aryl methyl sites for hydroxylation is 1. The predicted molar refractivity (Wildman–Crippen MR) is 54.7 cm³/mol. The Kier molecular flexibility index (Phi) is 2.02. The van der Waals surface area contributed by atoms with E-state index in [0.29, 0.717) is 6.42 Å². The molecule has 2 nitrogen and oxygen atoms in total. The van der Waals surface area contributed by atoms with E-state index in [9.17, 15) is 4.79 Å². The van der Waals surface area contributed by atoms with E-state index in [1.54, 1.807) is 6.26 Å². The molecule has 0 radical (unpaired) electrons. The summed E-state index contributed by atoms with van der Waals surface area (Å²) < 4.78 is 5.54. The van der Waals surface area contributed by atoms with Gasteiger partial charge in [0, 0.05) is 17.4 Å². The molecule has 1 aliphatic carbocycles. The Morgan fingerprint density at radius 3 is 2.86 bits per heavy atom. The molecule has 1 heterocycles. The highest BCUT2D eigenvalue weighted by Gasteiger charge is 2.36. The maximum atomic E-state index is 11.8. The summed E-state index contributed by atoms with van der Waals surface area (Å²) in [5.74, 6) is 1.15. The smallest absolute Gasteiger partial charge is 0.166 e. The van der Waals surface area contributed by atoms with Gasteiger partial charge in [0.15, 0.2) is 5.78 Å². The molecule has 0 atom stereocenters. The van der Waals surface area contributed by atoms with Crippen LogP contribution >= 0.6 is 0 Å². The molecular formula is C12H16O2. The summed E-state index contributed by atoms with van der Waals surface area (Å²) in [6.45, 7) is 6.34. The zero-order valence-corrected chi connectivity index (χ0v) is 9.02. The molecule has 2 heteroatoms. The number of fused-ring (bicyclic) bond motifs is 1. The molecule has 1 aromatic rings. The summed E-state index contributed by atoms with van der Waals surface area (Å²) in [4.78, 5) is 11.8. The van der Waals surface area contributed by atoms with Crippen LogP contribution in [-0.2, 0) is 11.8 Å². The molecule has 0 fully saturated rings. The van der Waals surface area contributed by atoms with Crippen molar-refractivity contribution in [3.05, 3.63) is 23.2 Å². The fourth-order valence-electron chi connectivity index (χ4n) is 2.12. The molecule has 14 heavy (non-hydrogen) atoms. The second kappa shape index (κ2) is 2.97. The normalized spacial score (nSPS) is 19.5. The van der Waals surface area contributed by atoms with Crippen LogP contribution in [0.4, 0.5) is 0 Å². The second-order valence-electron chi connectivity index (χ2n) is 4.63. The molecule has 1 aliphatic rings. The first-order chi connectivity index (χ1) is 6.56. The molecule has 0 saturated heterocycles. The van der Waals surface area contributed by atoms with Crippen LogP contribution in [-0.4, -0.2) is 5.78 Å². The average Bonchev–Trinajstić information content (AvgIpc) is 2.57. The minimum Gasteiger partial charge on any atom is -0.468 e. The van der Waals surface area contributed by atoms with Gasteiger partial charge in [0.2, 0.25) is 0 Å². The quantitative estimate of drug-likeness (QED) is 0.684. The van der Waals surface area contributed by atoms with E-state index in [2.05, 4.69) is 20.8 Å². The molecule has 0 aliphatic heterocycles. The number of hydrogen-bond acceptors (Lipinski definition) is 2. The Labute approximate surface area is 84.3 Å². The molecule has 0 aromatic carbocycles. The maximum Gasteiger partial charge on any atom is 0.166 e. The fourth-order valence-corrected chi connectivity index (χ4v) is 2.12. The minimum atomic E-state index is 0.0245. The molecule has 2 rings (SSSR count). The SMILES string of the molecule is CCc1coc2c1C(=O)CCC2(C)C. The first-order valence-electron chi connectivity index (χ1n) is 5.20. The van der Waals surface area contributed by atoms with Crippen molar-refractivity contribution in [1.29, 1.82) is 0 Å². The van der Waals surface area contributed by atoms with Crippen molar-refractivity contribution in [2.24, 2.45) is 0 Å². The van der Waals surface area contributed by atoms with Crippen molar-refractivity contribution >= 4 is 5.78 Å². The molecule has 0 N–H and O–H groups in total. The van der Waals surface area contributed by atoms with Crippen molar-refractivity contribution in [1.82, 2.24) is 0 Å². The Balaban J connectivity index is 2.59. The van der Waals surface area contributed by atoms with Gasteiger partial charge in [-0.2, -0.15) is 0 Å². The zero-order chi connectivity index (χ0) is 10.3. The van der Waals surface area contributed by atoms with Crippen LogP contribution < -0.4 is 0 Å². The van der Waals surface area contributed by atoms with Gasteiger partial charge in [-0.3, -0.25) is 4.79 Å². The molecule has 0 spiro atoms. The third kappa shape index (κ3) is 1.21. The first kappa shape index (κ1) is 9.50. The number of ketones is 1. The molecule has 0 unspecified atom stereocenters. The lowest BCUT2D eigenvalue weighted by Gasteiger charge is -2.27. The molecule has 76 valence electrons. The lowest BCUT2D eigenvalue weighted by Crippen LogP contribution is -2.26. The number of furan rings is 1. The van der Waals surface area contributed by atoms with Crippen molar-refractivity contribution in [3.63, 3.8) is 0 Å². The monoisotopic (exact) mass is 192 g/mol. The van der Waals surface area contributed by atoms with Gasteiger partial charge in [0.05, 0.1) is 11.8 Å². The van der Waals surface area contributed by atoms with Crippen molar-refractivity contribution in [2.45, 2.75) is 45.4 Å². The summed E-state index contributed by atoms with van der Waals surface area (Å²) in [5.41, 5.74) is 1.96. The lowest BCUT2D eigenvalue weighted by atomic mass is 9.76. The molecule has 0 saturated carbocycles. The van der Waals surface area contributed by atoms with Crippen molar-refractivity contribution in [3.8, 4) is 0 Å². The lowest BCUT2D eigenvalue weighted by molar-refractivity contribution is 0.0948. The highest BCUT2D eigenvalue weighted by atomic mass is 16.3. The highest BCUT2D eigenvalue weighted by Crippen LogP contribution is 2.39. The number of carbonyl (C=O) groups is 1. The topological polar surface area (TPSA) is 30.2 Å². The van der Waals surface area contributed by atoms with Crippen molar-refractivity contribution < 1.29 is 9.21 Å². The Morgan fingerprint density at radius 1 is 1.50 bits per heavy atom. The van der Waals surface area contributed by atoms with Gasteiger partial charge in [-0.15, -0.1) is 0 Å². The Morgan fingerprint density at radius 2 is 2.21 bits per heavy atom. The molecule has 0 bridgehead atoms. The van der Waals surface area contributed by atoms with E-state index >= 15 is 0 Å². The maximum absolute atomic E-state index is 11.8. The van der Waals surface area contributed by atoms with E-state index < -0.39 is 0 Å². The van der Waals surface area contributed by atoms with E-state index in [4.69, 9.17) is 4.42 Å². The van der Waals surface area contributed by atoms with E-state index in [1.165, 1.54) is 0 Å².